The van der Waals surface area contributed by atoms with E-state index in [4.69, 9.17) is 20.7 Å². The van der Waals surface area contributed by atoms with Crippen LogP contribution >= 0.6 is 11.8 Å². The molecule has 1 aliphatic heterocycles. The van der Waals surface area contributed by atoms with Crippen LogP contribution in [0.15, 0.2) is 97.1 Å². The molecule has 4 aromatic carbocycles. The molecule has 2 atom stereocenters. The van der Waals surface area contributed by atoms with Gasteiger partial charge in [-0.1, -0.05) is 54.3 Å². The van der Waals surface area contributed by atoms with E-state index in [1.54, 1.807) is 19.1 Å². The minimum atomic E-state index is -2.88. The summed E-state index contributed by atoms with van der Waals surface area (Å²) in [5, 5.41) is 0.609. The number of nitrogens with two attached hydrogens (primary N) is 1. The van der Waals surface area contributed by atoms with Crippen LogP contribution in [-0.2, 0) is 16.0 Å². The van der Waals surface area contributed by atoms with Gasteiger partial charge in [-0.3, -0.25) is 19.3 Å². The predicted molar refractivity (Wildman–Crippen MR) is 181 cm³/mol. The third-order valence-electron chi connectivity index (χ3n) is 7.01. The molecule has 0 aromatic heterocycles. The highest BCUT2D eigenvalue weighted by Gasteiger charge is 2.42. The van der Waals surface area contributed by atoms with Gasteiger partial charge in [0.15, 0.2) is 11.5 Å². The fraction of sp³-hybridized carbons (Fsp3) is 0.216. The summed E-state index contributed by atoms with van der Waals surface area (Å²) in [4.78, 5) is 40.8. The van der Waals surface area contributed by atoms with E-state index in [9.17, 15) is 14.4 Å². The van der Waals surface area contributed by atoms with Crippen molar-refractivity contribution in [3.05, 3.63) is 125 Å². The average molecular weight is 638 g/mol. The molecular weight excluding hydrogens is 598 g/mol. The van der Waals surface area contributed by atoms with E-state index < -0.39 is 47.6 Å². The molecule has 1 heterocycles. The Kier molecular flexibility index (Phi) is 8.96. The summed E-state index contributed by atoms with van der Waals surface area (Å²) in [5.41, 5.74) is 8.41. The van der Waals surface area contributed by atoms with E-state index in [1.807, 2.05) is 54.6 Å². The Bertz CT molecular complexity index is 1950. The van der Waals surface area contributed by atoms with Crippen LogP contribution in [0.4, 0.5) is 5.69 Å². The van der Waals surface area contributed by atoms with Gasteiger partial charge in [-0.05, 0) is 79.0 Å². The summed E-state index contributed by atoms with van der Waals surface area (Å²) in [6, 6.07) is 27.4. The summed E-state index contributed by atoms with van der Waals surface area (Å²) in [5.74, 6) is 4.85. The molecule has 1 saturated heterocycles. The van der Waals surface area contributed by atoms with E-state index in [-0.39, 0.29) is 23.5 Å². The lowest BCUT2D eigenvalue weighted by Gasteiger charge is -2.24. The Morgan fingerprint density at radius 1 is 0.957 bits per heavy atom. The molecule has 0 bridgehead atoms. The molecule has 3 N–H and O–H groups in total. The third kappa shape index (κ3) is 7.89. The molecule has 234 valence electrons. The highest BCUT2D eigenvalue weighted by molar-refractivity contribution is 8.01. The second-order valence-corrected chi connectivity index (χ2v) is 11.4. The summed E-state index contributed by atoms with van der Waals surface area (Å²) in [6.07, 6.45) is -3.13. The number of carbonyl (C=O) groups is 3. The molecule has 46 heavy (non-hydrogen) atoms. The molecule has 0 radical (unpaired) electrons. The number of primary amides is 1. The van der Waals surface area contributed by atoms with Crippen LogP contribution in [0.5, 0.6) is 11.5 Å². The predicted octanol–water partition coefficient (Wildman–Crippen LogP) is 5.49. The van der Waals surface area contributed by atoms with E-state index in [0.29, 0.717) is 11.4 Å². The van der Waals surface area contributed by atoms with Crippen LogP contribution < -0.4 is 25.4 Å². The molecular formula is C37H35N3O5S. The number of hydrogen-bond donors (Lipinski definition) is 2. The molecule has 9 heteroatoms. The zero-order chi connectivity index (χ0) is 36.1. The molecule has 0 spiro atoms. The molecule has 0 saturated carbocycles. The number of ether oxygens (including phenoxy) is 2. The summed E-state index contributed by atoms with van der Waals surface area (Å²) >= 11 is 1.19. The number of benzene rings is 4. The molecule has 1 fully saturated rings. The first-order valence-electron chi connectivity index (χ1n) is 16.5. The largest absolute Gasteiger partial charge is 0.493 e. The minimum absolute atomic E-state index is 0.0733. The van der Waals surface area contributed by atoms with Gasteiger partial charge in [-0.25, -0.2) is 0 Å². The molecule has 3 amide bonds. The topological polar surface area (TPSA) is 111 Å². The van der Waals surface area contributed by atoms with E-state index >= 15 is 0 Å². The number of methoxy groups -OCH3 is 1. The quantitative estimate of drug-likeness (QED) is 0.211. The Labute approximate surface area is 278 Å². The lowest BCUT2D eigenvalue weighted by Crippen LogP contribution is -2.34. The number of rotatable bonds is 11. The minimum Gasteiger partial charge on any atom is -0.493 e. The summed E-state index contributed by atoms with van der Waals surface area (Å²) in [7, 11) is 1.44. The van der Waals surface area contributed by atoms with E-state index in [0.717, 1.165) is 16.7 Å². The van der Waals surface area contributed by atoms with Crippen molar-refractivity contribution in [2.24, 2.45) is 5.73 Å². The number of aryl methyl sites for hydroxylation is 1. The molecule has 8 nitrogen and oxygen atoms in total. The smallest absolute Gasteiger partial charge is 0.248 e. The third-order valence-corrected chi connectivity index (χ3v) is 8.45. The van der Waals surface area contributed by atoms with Gasteiger partial charge in [0.05, 0.1) is 19.0 Å². The lowest BCUT2D eigenvalue weighted by atomic mass is 10.1. The second kappa shape index (κ2) is 15.2. The van der Waals surface area contributed by atoms with Crippen LogP contribution in [0.3, 0.4) is 0 Å². The number of anilines is 1. The van der Waals surface area contributed by atoms with Crippen LogP contribution in [0, 0.1) is 11.8 Å². The highest BCUT2D eigenvalue weighted by Crippen LogP contribution is 2.46. The molecule has 0 unspecified atom stereocenters. The molecule has 1 aliphatic rings. The highest BCUT2D eigenvalue weighted by atomic mass is 32.2. The first-order chi connectivity index (χ1) is 23.8. The van der Waals surface area contributed by atoms with Crippen molar-refractivity contribution in [1.82, 2.24) is 5.32 Å². The van der Waals surface area contributed by atoms with Crippen LogP contribution in [0.25, 0.3) is 0 Å². The molecule has 0 aliphatic carbocycles. The Morgan fingerprint density at radius 3 is 2.39 bits per heavy atom. The Balaban J connectivity index is 1.38. The first kappa shape index (κ1) is 27.1. The normalized spacial score (nSPS) is 17.4. The SMILES string of the molecule is [2H]C([2H])(NC(=O)C[C@H]1S[C@@H](c2ccc(C#Cc3ccccc3)cc2)N(c2cccc(C(N)=O)c2)C1=O)C([2H])([2H])c1ccc(OC)c(OCC)c1. The van der Waals surface area contributed by atoms with Gasteiger partial charge in [-0.2, -0.15) is 0 Å². The van der Waals surface area contributed by atoms with E-state index in [2.05, 4.69) is 17.2 Å². The zero-order valence-corrected chi connectivity index (χ0v) is 26.1. The lowest BCUT2D eigenvalue weighted by molar-refractivity contribution is -0.124. The van der Waals surface area contributed by atoms with Crippen LogP contribution in [-0.4, -0.2) is 43.2 Å². The van der Waals surface area contributed by atoms with Crippen LogP contribution in [0.2, 0.25) is 0 Å². The number of nitrogens with one attached hydrogen (secondary N) is 1. The number of hydrogen-bond acceptors (Lipinski definition) is 6. The molecule has 5 rings (SSSR count). The molecule has 4 aromatic rings. The fourth-order valence-electron chi connectivity index (χ4n) is 4.79. The number of amides is 3. The maximum absolute atomic E-state index is 14.0. The van der Waals surface area contributed by atoms with Crippen molar-refractivity contribution < 1.29 is 29.3 Å². The number of nitrogens with zero attached hydrogens (tertiary/aromatic N) is 1. The summed E-state index contributed by atoms with van der Waals surface area (Å²) in [6.45, 7) is -0.851. The zero-order valence-electron chi connectivity index (χ0n) is 29.3. The summed E-state index contributed by atoms with van der Waals surface area (Å²) < 4.78 is 45.1. The van der Waals surface area contributed by atoms with Gasteiger partial charge < -0.3 is 20.5 Å². The Morgan fingerprint density at radius 2 is 1.70 bits per heavy atom. The fourth-order valence-corrected chi connectivity index (χ4v) is 6.24. The monoisotopic (exact) mass is 637 g/mol. The van der Waals surface area contributed by atoms with Gasteiger partial charge >= 0.3 is 0 Å². The standard InChI is InChI=1S/C37H35N3O5S/c1-3-45-32-22-27(16-19-31(32)44-2)20-21-39-34(41)24-33-36(43)40(30-11-7-10-29(23-30)35(38)42)37(46-33)28-17-14-26(15-18-28)13-12-25-8-5-4-6-9-25/h4-11,14-19,22-23,33,37H,3,20-21,24H2,1-2H3,(H2,38,42)(H,39,41)/t33-,37+/m1/s1/i20D2,21D2. The van der Waals surface area contributed by atoms with Gasteiger partial charge in [0.2, 0.25) is 17.7 Å². The van der Waals surface area contributed by atoms with E-state index in [1.165, 1.54) is 54.1 Å². The van der Waals surface area contributed by atoms with Crippen molar-refractivity contribution >= 4 is 35.2 Å². The van der Waals surface area contributed by atoms with Gasteiger partial charge in [-0.15, -0.1) is 11.8 Å². The van der Waals surface area contributed by atoms with Crippen molar-refractivity contribution in [1.29, 1.82) is 0 Å². The van der Waals surface area contributed by atoms with Crippen molar-refractivity contribution in [3.8, 4) is 23.3 Å². The number of carbonyl (C=O) groups excluding carboxylic acids is 3. The second-order valence-electron chi connectivity index (χ2n) is 10.1. The van der Waals surface area contributed by atoms with Gasteiger partial charge in [0, 0.05) is 40.8 Å². The van der Waals surface area contributed by atoms with Gasteiger partial charge in [0.25, 0.3) is 0 Å². The Hall–Kier alpha value is -5.20. The van der Waals surface area contributed by atoms with Crippen molar-refractivity contribution in [2.45, 2.75) is 30.3 Å². The van der Waals surface area contributed by atoms with Gasteiger partial charge in [0.1, 0.15) is 5.37 Å². The average Bonchev–Trinajstić information content (AvgIpc) is 3.42. The first-order valence-corrected chi connectivity index (χ1v) is 15.5. The number of thioether (sulfide) groups is 1. The van der Waals surface area contributed by atoms with Crippen molar-refractivity contribution in [3.63, 3.8) is 0 Å². The maximum atomic E-state index is 14.0. The maximum Gasteiger partial charge on any atom is 0.248 e. The van der Waals surface area contributed by atoms with Crippen molar-refractivity contribution in [2.75, 3.05) is 25.1 Å². The van der Waals surface area contributed by atoms with Crippen LogP contribution in [0.1, 0.15) is 56.8 Å².